The predicted molar refractivity (Wildman–Crippen MR) is 82.1 cm³/mol. The molecule has 1 aromatic carbocycles. The summed E-state index contributed by atoms with van der Waals surface area (Å²) in [6.07, 6.45) is 7.15. The molecule has 0 atom stereocenters. The molecule has 1 heterocycles. The van der Waals surface area contributed by atoms with Crippen molar-refractivity contribution in [3.8, 4) is 0 Å². The molecule has 2 nitrogen and oxygen atoms in total. The molecule has 0 amide bonds. The van der Waals surface area contributed by atoms with Crippen LogP contribution in [0.1, 0.15) is 32.1 Å². The van der Waals surface area contributed by atoms with Crippen LogP contribution in [0.5, 0.6) is 0 Å². The molecule has 19 heavy (non-hydrogen) atoms. The van der Waals surface area contributed by atoms with Crippen LogP contribution in [0.3, 0.4) is 0 Å². The molecule has 3 heteroatoms. The smallest absolute Gasteiger partial charge is 0.0407 e. The standard InChI is InChI=1S/C16H23ClN2/c17-14-6-8-16(9-7-14)19-12-10-18(11-13-19)15-4-2-1-3-5-15/h6-9,15H,1-5,10-13H2. The van der Waals surface area contributed by atoms with Crippen molar-refractivity contribution in [2.45, 2.75) is 38.1 Å². The summed E-state index contributed by atoms with van der Waals surface area (Å²) in [5, 5.41) is 0.824. The van der Waals surface area contributed by atoms with Crippen molar-refractivity contribution < 1.29 is 0 Å². The lowest BCUT2D eigenvalue weighted by Crippen LogP contribution is -2.50. The first-order valence-corrected chi connectivity index (χ1v) is 7.95. The Morgan fingerprint density at radius 3 is 2.11 bits per heavy atom. The first kappa shape index (κ1) is 13.3. The van der Waals surface area contributed by atoms with Gasteiger partial charge in [-0.2, -0.15) is 0 Å². The third kappa shape index (κ3) is 3.24. The highest BCUT2D eigenvalue weighted by Gasteiger charge is 2.24. The van der Waals surface area contributed by atoms with Gasteiger partial charge in [0.15, 0.2) is 0 Å². The SMILES string of the molecule is Clc1ccc(N2CCN(C3CCCCC3)CC2)cc1. The Kier molecular flexibility index (Phi) is 4.29. The monoisotopic (exact) mass is 278 g/mol. The minimum Gasteiger partial charge on any atom is -0.369 e. The maximum absolute atomic E-state index is 5.95. The average Bonchev–Trinajstić information content (AvgIpc) is 2.49. The third-order valence-corrected chi connectivity index (χ3v) is 4.85. The van der Waals surface area contributed by atoms with Gasteiger partial charge < -0.3 is 4.90 Å². The van der Waals surface area contributed by atoms with Gasteiger partial charge >= 0.3 is 0 Å². The Bertz CT molecular complexity index is 390. The van der Waals surface area contributed by atoms with Gasteiger partial charge in [0.05, 0.1) is 0 Å². The number of benzene rings is 1. The highest BCUT2D eigenvalue weighted by Crippen LogP contribution is 2.25. The van der Waals surface area contributed by atoms with Gasteiger partial charge in [-0.3, -0.25) is 4.90 Å². The fraction of sp³-hybridized carbons (Fsp3) is 0.625. The first-order valence-electron chi connectivity index (χ1n) is 7.57. The molecular formula is C16H23ClN2. The Morgan fingerprint density at radius 2 is 1.47 bits per heavy atom. The number of anilines is 1. The summed E-state index contributed by atoms with van der Waals surface area (Å²) < 4.78 is 0. The molecular weight excluding hydrogens is 256 g/mol. The zero-order valence-corrected chi connectivity index (χ0v) is 12.3. The summed E-state index contributed by atoms with van der Waals surface area (Å²) in [5.41, 5.74) is 1.31. The summed E-state index contributed by atoms with van der Waals surface area (Å²) >= 11 is 5.95. The molecule has 2 fully saturated rings. The van der Waals surface area contributed by atoms with Crippen molar-refractivity contribution >= 4 is 17.3 Å². The van der Waals surface area contributed by atoms with Crippen molar-refractivity contribution in [3.05, 3.63) is 29.3 Å². The predicted octanol–water partition coefficient (Wildman–Crippen LogP) is 3.79. The minimum absolute atomic E-state index is 0.824. The van der Waals surface area contributed by atoms with Gasteiger partial charge in [-0.15, -0.1) is 0 Å². The molecule has 0 aromatic heterocycles. The van der Waals surface area contributed by atoms with E-state index < -0.39 is 0 Å². The summed E-state index contributed by atoms with van der Waals surface area (Å²) in [6, 6.07) is 9.12. The van der Waals surface area contributed by atoms with Crippen LogP contribution in [0, 0.1) is 0 Å². The van der Waals surface area contributed by atoms with Crippen LogP contribution in [0.4, 0.5) is 5.69 Å². The van der Waals surface area contributed by atoms with Crippen LogP contribution >= 0.6 is 11.6 Å². The summed E-state index contributed by atoms with van der Waals surface area (Å²) in [5.74, 6) is 0. The molecule has 104 valence electrons. The molecule has 1 saturated heterocycles. The van der Waals surface area contributed by atoms with E-state index in [1.165, 1.54) is 50.9 Å². The maximum Gasteiger partial charge on any atom is 0.0407 e. The van der Waals surface area contributed by atoms with E-state index >= 15 is 0 Å². The van der Waals surface area contributed by atoms with E-state index in [1.54, 1.807) is 0 Å². The number of hydrogen-bond acceptors (Lipinski definition) is 2. The zero-order valence-electron chi connectivity index (χ0n) is 11.5. The topological polar surface area (TPSA) is 6.48 Å². The van der Waals surface area contributed by atoms with Crippen molar-refractivity contribution in [2.75, 3.05) is 31.1 Å². The van der Waals surface area contributed by atoms with E-state index in [4.69, 9.17) is 11.6 Å². The Balaban J connectivity index is 1.55. The summed E-state index contributed by atoms with van der Waals surface area (Å²) in [7, 11) is 0. The number of piperazine rings is 1. The van der Waals surface area contributed by atoms with Gasteiger partial charge in [0, 0.05) is 42.9 Å². The zero-order chi connectivity index (χ0) is 13.1. The van der Waals surface area contributed by atoms with E-state index in [0.29, 0.717) is 0 Å². The van der Waals surface area contributed by atoms with Crippen LogP contribution in [0.2, 0.25) is 5.02 Å². The van der Waals surface area contributed by atoms with Gasteiger partial charge in [0.2, 0.25) is 0 Å². The van der Waals surface area contributed by atoms with E-state index in [0.717, 1.165) is 24.2 Å². The number of hydrogen-bond donors (Lipinski definition) is 0. The summed E-state index contributed by atoms with van der Waals surface area (Å²) in [4.78, 5) is 5.20. The Morgan fingerprint density at radius 1 is 0.842 bits per heavy atom. The lowest BCUT2D eigenvalue weighted by Gasteiger charge is -2.41. The number of rotatable bonds is 2. The molecule has 0 spiro atoms. The fourth-order valence-electron chi connectivity index (χ4n) is 3.44. The molecule has 0 N–H and O–H groups in total. The maximum atomic E-state index is 5.95. The van der Waals surface area contributed by atoms with Crippen LogP contribution < -0.4 is 4.90 Å². The van der Waals surface area contributed by atoms with Crippen molar-refractivity contribution in [2.24, 2.45) is 0 Å². The molecule has 0 radical (unpaired) electrons. The van der Waals surface area contributed by atoms with Crippen LogP contribution in [0.15, 0.2) is 24.3 Å². The van der Waals surface area contributed by atoms with Gasteiger partial charge in [0.1, 0.15) is 0 Å². The second-order valence-corrected chi connectivity index (χ2v) is 6.23. The third-order valence-electron chi connectivity index (χ3n) is 4.60. The van der Waals surface area contributed by atoms with Crippen LogP contribution in [-0.2, 0) is 0 Å². The van der Waals surface area contributed by atoms with Crippen LogP contribution in [0.25, 0.3) is 0 Å². The molecule has 0 unspecified atom stereocenters. The lowest BCUT2D eigenvalue weighted by atomic mass is 9.94. The van der Waals surface area contributed by atoms with Crippen molar-refractivity contribution in [3.63, 3.8) is 0 Å². The van der Waals surface area contributed by atoms with E-state index in [1.807, 2.05) is 12.1 Å². The summed E-state index contributed by atoms with van der Waals surface area (Å²) in [6.45, 7) is 4.73. The highest BCUT2D eigenvalue weighted by molar-refractivity contribution is 6.30. The highest BCUT2D eigenvalue weighted by atomic mass is 35.5. The van der Waals surface area contributed by atoms with Gasteiger partial charge in [-0.05, 0) is 37.1 Å². The lowest BCUT2D eigenvalue weighted by molar-refractivity contribution is 0.148. The van der Waals surface area contributed by atoms with E-state index in [2.05, 4.69) is 21.9 Å². The minimum atomic E-state index is 0.824. The molecule has 1 aliphatic carbocycles. The molecule has 1 saturated carbocycles. The van der Waals surface area contributed by atoms with Gasteiger partial charge in [-0.1, -0.05) is 30.9 Å². The molecule has 3 rings (SSSR count). The van der Waals surface area contributed by atoms with Gasteiger partial charge in [0.25, 0.3) is 0 Å². The quantitative estimate of drug-likeness (QED) is 0.812. The number of nitrogens with zero attached hydrogens (tertiary/aromatic N) is 2. The first-order chi connectivity index (χ1) is 9.33. The van der Waals surface area contributed by atoms with E-state index in [-0.39, 0.29) is 0 Å². The van der Waals surface area contributed by atoms with E-state index in [9.17, 15) is 0 Å². The van der Waals surface area contributed by atoms with Crippen molar-refractivity contribution in [1.82, 2.24) is 4.90 Å². The van der Waals surface area contributed by atoms with Crippen LogP contribution in [-0.4, -0.2) is 37.1 Å². The van der Waals surface area contributed by atoms with Crippen molar-refractivity contribution in [1.29, 1.82) is 0 Å². The Labute approximate surface area is 121 Å². The second kappa shape index (κ2) is 6.15. The largest absolute Gasteiger partial charge is 0.369 e. The average molecular weight is 279 g/mol. The Hall–Kier alpha value is -0.730. The molecule has 0 bridgehead atoms. The molecule has 1 aromatic rings. The number of halogens is 1. The molecule has 1 aliphatic heterocycles. The fourth-order valence-corrected chi connectivity index (χ4v) is 3.57. The second-order valence-electron chi connectivity index (χ2n) is 5.79. The normalized spacial score (nSPS) is 22.7. The van der Waals surface area contributed by atoms with Gasteiger partial charge in [-0.25, -0.2) is 0 Å². The molecule has 2 aliphatic rings.